The van der Waals surface area contributed by atoms with Crippen LogP contribution in [0.5, 0.6) is 0 Å². The summed E-state index contributed by atoms with van der Waals surface area (Å²) in [6.07, 6.45) is -8.65. The van der Waals surface area contributed by atoms with Crippen LogP contribution in [0.2, 0.25) is 0 Å². The van der Waals surface area contributed by atoms with E-state index in [0.29, 0.717) is 0 Å². The maximum absolute atomic E-state index is 12.2. The van der Waals surface area contributed by atoms with E-state index in [9.17, 15) is 27.2 Å². The van der Waals surface area contributed by atoms with Crippen molar-refractivity contribution in [3.63, 3.8) is 0 Å². The Morgan fingerprint density at radius 3 is 2.50 bits per heavy atom. The van der Waals surface area contributed by atoms with Gasteiger partial charge in [-0.3, -0.25) is 10.1 Å². The van der Waals surface area contributed by atoms with Crippen LogP contribution in [0.15, 0.2) is 5.16 Å². The molecule has 0 bridgehead atoms. The molecule has 0 rings (SSSR count). The van der Waals surface area contributed by atoms with E-state index in [1.54, 1.807) is 0 Å². The van der Waals surface area contributed by atoms with E-state index in [-0.39, 0.29) is 0 Å². The van der Waals surface area contributed by atoms with Crippen molar-refractivity contribution in [3.8, 4) is 6.07 Å². The summed E-state index contributed by atoms with van der Waals surface area (Å²) < 4.78 is 50.9. The zero-order valence-electron chi connectivity index (χ0n) is 9.57. The Kier molecular flexibility index (Phi) is 6.94. The SMILES string of the molecule is N#CC(=NO)C(=O)NC(=O)NCCOC(F)C(F)(F)F. The molecule has 0 saturated heterocycles. The van der Waals surface area contributed by atoms with Crippen LogP contribution in [-0.2, 0) is 9.53 Å². The number of carbonyl (C=O) groups excluding carboxylic acids is 2. The van der Waals surface area contributed by atoms with Crippen LogP contribution in [0.1, 0.15) is 0 Å². The summed E-state index contributed by atoms with van der Waals surface area (Å²) in [4.78, 5) is 21.9. The minimum Gasteiger partial charge on any atom is -0.410 e. The number of rotatable bonds is 5. The van der Waals surface area contributed by atoms with Gasteiger partial charge in [0.25, 0.3) is 12.3 Å². The van der Waals surface area contributed by atoms with E-state index in [1.165, 1.54) is 5.32 Å². The lowest BCUT2D eigenvalue weighted by atomic mass is 10.4. The summed E-state index contributed by atoms with van der Waals surface area (Å²) >= 11 is 0. The molecule has 0 heterocycles. The van der Waals surface area contributed by atoms with Crippen LogP contribution >= 0.6 is 0 Å². The number of nitrogens with one attached hydrogen (secondary N) is 2. The summed E-state index contributed by atoms with van der Waals surface area (Å²) in [6.45, 7) is -1.34. The first-order valence-corrected chi connectivity index (χ1v) is 4.76. The van der Waals surface area contributed by atoms with Crippen molar-refractivity contribution >= 4 is 17.6 Å². The molecule has 0 radical (unpaired) electrons. The summed E-state index contributed by atoms with van der Waals surface area (Å²) in [6, 6.07) is -0.0325. The molecule has 0 spiro atoms. The minimum absolute atomic E-state index is 0.534. The molecular formula is C8H8F4N4O4. The molecule has 0 aromatic carbocycles. The first-order valence-electron chi connectivity index (χ1n) is 4.76. The van der Waals surface area contributed by atoms with Crippen molar-refractivity contribution in [1.29, 1.82) is 5.26 Å². The van der Waals surface area contributed by atoms with Crippen LogP contribution in [0.4, 0.5) is 22.4 Å². The van der Waals surface area contributed by atoms with Gasteiger partial charge in [-0.05, 0) is 0 Å². The predicted molar refractivity (Wildman–Crippen MR) is 53.3 cm³/mol. The number of ether oxygens (including phenoxy) is 1. The molecule has 20 heavy (non-hydrogen) atoms. The normalized spacial score (nSPS) is 13.2. The van der Waals surface area contributed by atoms with Crippen molar-refractivity contribution in [2.45, 2.75) is 12.5 Å². The van der Waals surface area contributed by atoms with Crippen molar-refractivity contribution in [3.05, 3.63) is 0 Å². The van der Waals surface area contributed by atoms with Gasteiger partial charge in [-0.25, -0.2) is 9.18 Å². The van der Waals surface area contributed by atoms with Crippen LogP contribution in [0, 0.1) is 11.3 Å². The predicted octanol–water partition coefficient (Wildman–Crippen LogP) is 0.0405. The molecule has 0 fully saturated rings. The Hall–Kier alpha value is -2.42. The molecule has 1 atom stereocenters. The van der Waals surface area contributed by atoms with Gasteiger partial charge in [0.05, 0.1) is 6.61 Å². The summed E-state index contributed by atoms with van der Waals surface area (Å²) in [7, 11) is 0. The van der Waals surface area contributed by atoms with Crippen LogP contribution in [-0.4, -0.2) is 48.5 Å². The second-order valence-corrected chi connectivity index (χ2v) is 3.00. The number of oxime groups is 1. The summed E-state index contributed by atoms with van der Waals surface area (Å²) in [5.41, 5.74) is -1.00. The van der Waals surface area contributed by atoms with Gasteiger partial charge in [-0.2, -0.15) is 18.4 Å². The van der Waals surface area contributed by atoms with E-state index in [4.69, 9.17) is 10.5 Å². The fraction of sp³-hybridized carbons (Fsp3) is 0.500. The highest BCUT2D eigenvalue weighted by Crippen LogP contribution is 2.23. The quantitative estimate of drug-likeness (QED) is 0.217. The third-order valence-electron chi connectivity index (χ3n) is 1.56. The highest BCUT2D eigenvalue weighted by Gasteiger charge is 2.41. The standard InChI is InChI=1S/C8H8F4N4O4/c9-6(8(10,11)12)20-2-1-14-7(18)15-5(17)4(3-13)16-19/h6,19H,1-2H2,(H2,14,15,17,18). The maximum Gasteiger partial charge on any atom is 0.445 e. The number of alkyl halides is 4. The molecule has 0 aliphatic rings. The van der Waals surface area contributed by atoms with E-state index in [2.05, 4.69) is 9.89 Å². The number of nitrogens with zero attached hydrogens (tertiary/aromatic N) is 2. The highest BCUT2D eigenvalue weighted by atomic mass is 19.4. The Labute approximate surface area is 109 Å². The Balaban J connectivity index is 3.97. The van der Waals surface area contributed by atoms with Crippen molar-refractivity contribution in [2.75, 3.05) is 13.2 Å². The monoisotopic (exact) mass is 300 g/mol. The van der Waals surface area contributed by atoms with Gasteiger partial charge in [0.2, 0.25) is 5.71 Å². The van der Waals surface area contributed by atoms with Gasteiger partial charge in [-0.15, -0.1) is 0 Å². The average Bonchev–Trinajstić information content (AvgIpc) is 2.34. The number of amides is 3. The molecule has 0 aliphatic carbocycles. The summed E-state index contributed by atoms with van der Waals surface area (Å²) in [5, 5.41) is 22.1. The number of hydrogen-bond acceptors (Lipinski definition) is 6. The number of carbonyl (C=O) groups is 2. The van der Waals surface area contributed by atoms with Crippen molar-refractivity contribution in [2.24, 2.45) is 5.16 Å². The largest absolute Gasteiger partial charge is 0.445 e. The number of halogens is 4. The Morgan fingerprint density at radius 2 is 2.05 bits per heavy atom. The number of nitriles is 1. The van der Waals surface area contributed by atoms with Crippen molar-refractivity contribution < 1.29 is 37.1 Å². The van der Waals surface area contributed by atoms with E-state index < -0.39 is 43.3 Å². The molecule has 3 amide bonds. The highest BCUT2D eigenvalue weighted by molar-refractivity contribution is 6.46. The lowest BCUT2D eigenvalue weighted by Gasteiger charge is -2.13. The molecule has 0 saturated carbocycles. The average molecular weight is 300 g/mol. The molecule has 0 aliphatic heterocycles. The lowest BCUT2D eigenvalue weighted by Crippen LogP contribution is -2.43. The molecule has 0 aromatic rings. The number of imide groups is 1. The molecule has 8 nitrogen and oxygen atoms in total. The molecule has 1 unspecified atom stereocenters. The molecule has 3 N–H and O–H groups in total. The Bertz CT molecular complexity index is 431. The van der Waals surface area contributed by atoms with E-state index in [1.807, 2.05) is 5.32 Å². The van der Waals surface area contributed by atoms with Crippen LogP contribution < -0.4 is 10.6 Å². The third-order valence-corrected chi connectivity index (χ3v) is 1.56. The zero-order chi connectivity index (χ0) is 15.8. The fourth-order valence-electron chi connectivity index (χ4n) is 0.747. The second-order valence-electron chi connectivity index (χ2n) is 3.00. The molecular weight excluding hydrogens is 292 g/mol. The third kappa shape index (κ3) is 6.50. The lowest BCUT2D eigenvalue weighted by molar-refractivity contribution is -0.263. The minimum atomic E-state index is -5.17. The second kappa shape index (κ2) is 7.89. The van der Waals surface area contributed by atoms with Crippen LogP contribution in [0.3, 0.4) is 0 Å². The fourth-order valence-corrected chi connectivity index (χ4v) is 0.747. The van der Waals surface area contributed by atoms with Gasteiger partial charge in [0.15, 0.2) is 0 Å². The van der Waals surface area contributed by atoms with Crippen molar-refractivity contribution in [1.82, 2.24) is 10.6 Å². The Morgan fingerprint density at radius 1 is 1.45 bits per heavy atom. The van der Waals surface area contributed by atoms with Gasteiger partial charge in [-0.1, -0.05) is 5.16 Å². The first-order chi connectivity index (χ1) is 9.22. The molecule has 0 aromatic heterocycles. The van der Waals surface area contributed by atoms with Gasteiger partial charge in [0.1, 0.15) is 6.07 Å². The smallest absolute Gasteiger partial charge is 0.410 e. The molecule has 112 valence electrons. The summed E-state index contributed by atoms with van der Waals surface area (Å²) in [5.74, 6) is -1.33. The maximum atomic E-state index is 12.2. The van der Waals surface area contributed by atoms with E-state index >= 15 is 0 Å². The number of hydrogen-bond donors (Lipinski definition) is 3. The zero-order valence-corrected chi connectivity index (χ0v) is 9.57. The first kappa shape index (κ1) is 17.6. The van der Waals surface area contributed by atoms with Gasteiger partial charge < -0.3 is 15.3 Å². The topological polar surface area (TPSA) is 124 Å². The van der Waals surface area contributed by atoms with Crippen LogP contribution in [0.25, 0.3) is 0 Å². The molecule has 12 heteroatoms. The van der Waals surface area contributed by atoms with E-state index in [0.717, 1.165) is 6.07 Å². The number of urea groups is 1. The van der Waals surface area contributed by atoms with Gasteiger partial charge in [0, 0.05) is 6.54 Å². The van der Waals surface area contributed by atoms with Gasteiger partial charge >= 0.3 is 12.2 Å².